The molecule has 1 atom stereocenters. The van der Waals surface area contributed by atoms with E-state index in [9.17, 15) is 4.79 Å². The molecule has 0 unspecified atom stereocenters. The highest BCUT2D eigenvalue weighted by Gasteiger charge is 2.32. The van der Waals surface area contributed by atoms with Crippen molar-refractivity contribution < 1.29 is 9.53 Å². The summed E-state index contributed by atoms with van der Waals surface area (Å²) in [4.78, 5) is 12.5. The van der Waals surface area contributed by atoms with Crippen LogP contribution < -0.4 is 10.1 Å². The Bertz CT molecular complexity index is 1060. The standard InChI is InChI=1S/C22H22ClN3O2S/c1-13(2)28-18-11-7-4-8-15(18)21-20-14(3)25-26(17-10-6-5-9-16(17)23)22(20)24-19(27)12-29-21/h4-11,13,21H,12H2,1-3H3,(H,24,27)/t21-/m0/s1. The first-order valence-corrected chi connectivity index (χ1v) is 10.9. The van der Waals surface area contributed by atoms with E-state index < -0.39 is 0 Å². The normalized spacial score (nSPS) is 16.3. The Labute approximate surface area is 179 Å². The number of nitrogens with zero attached hydrogens (tertiary/aromatic N) is 2. The maximum absolute atomic E-state index is 12.5. The Balaban J connectivity index is 1.90. The van der Waals surface area contributed by atoms with Gasteiger partial charge in [-0.15, -0.1) is 11.8 Å². The summed E-state index contributed by atoms with van der Waals surface area (Å²) in [6.07, 6.45) is 0.0538. The molecule has 2 heterocycles. The van der Waals surface area contributed by atoms with E-state index in [2.05, 4.69) is 11.4 Å². The lowest BCUT2D eigenvalue weighted by molar-refractivity contribution is -0.113. The maximum atomic E-state index is 12.5. The van der Waals surface area contributed by atoms with Crippen molar-refractivity contribution in [1.29, 1.82) is 0 Å². The molecule has 3 aromatic rings. The molecule has 150 valence electrons. The number of aryl methyl sites for hydroxylation is 1. The molecule has 5 nitrogen and oxygen atoms in total. The fraction of sp³-hybridized carbons (Fsp3) is 0.273. The maximum Gasteiger partial charge on any atom is 0.235 e. The predicted molar refractivity (Wildman–Crippen MR) is 118 cm³/mol. The number of hydrogen-bond donors (Lipinski definition) is 1. The molecule has 0 saturated carbocycles. The number of ether oxygens (including phenoxy) is 1. The molecule has 2 aromatic carbocycles. The summed E-state index contributed by atoms with van der Waals surface area (Å²) in [5.41, 5.74) is 3.58. The number of halogens is 1. The zero-order valence-electron chi connectivity index (χ0n) is 16.5. The van der Waals surface area contributed by atoms with Crippen LogP contribution in [0.4, 0.5) is 5.82 Å². The zero-order chi connectivity index (χ0) is 20.5. The van der Waals surface area contributed by atoms with Gasteiger partial charge in [-0.05, 0) is 39.0 Å². The van der Waals surface area contributed by atoms with Gasteiger partial charge in [-0.2, -0.15) is 5.10 Å². The van der Waals surface area contributed by atoms with Gasteiger partial charge < -0.3 is 10.1 Å². The molecule has 4 rings (SSSR count). The number of thioether (sulfide) groups is 1. The summed E-state index contributed by atoms with van der Waals surface area (Å²) in [7, 11) is 0. The van der Waals surface area contributed by atoms with Crippen LogP contribution in [-0.4, -0.2) is 27.5 Å². The minimum absolute atomic E-state index is 0.0538. The predicted octanol–water partition coefficient (Wildman–Crippen LogP) is 5.40. The number of fused-ring (bicyclic) bond motifs is 1. The van der Waals surface area contributed by atoms with E-state index in [1.54, 1.807) is 16.4 Å². The first-order valence-electron chi connectivity index (χ1n) is 9.47. The van der Waals surface area contributed by atoms with Crippen LogP contribution in [0.1, 0.15) is 35.9 Å². The summed E-state index contributed by atoms with van der Waals surface area (Å²) in [6, 6.07) is 15.5. The number of carbonyl (C=O) groups excluding carboxylic acids is 1. The average Bonchev–Trinajstić information content (AvgIpc) is 2.88. The molecule has 29 heavy (non-hydrogen) atoms. The lowest BCUT2D eigenvalue weighted by atomic mass is 10.0. The molecule has 1 aliphatic rings. The van der Waals surface area contributed by atoms with Gasteiger partial charge in [0.15, 0.2) is 0 Å². The molecule has 1 N–H and O–H groups in total. The molecule has 0 saturated heterocycles. The van der Waals surface area contributed by atoms with Crippen molar-refractivity contribution in [2.75, 3.05) is 11.1 Å². The van der Waals surface area contributed by atoms with E-state index in [0.29, 0.717) is 16.6 Å². The fourth-order valence-electron chi connectivity index (χ4n) is 3.49. The van der Waals surface area contributed by atoms with Crippen LogP contribution in [-0.2, 0) is 4.79 Å². The number of nitrogens with one attached hydrogen (secondary N) is 1. The van der Waals surface area contributed by atoms with Gasteiger partial charge in [0.2, 0.25) is 5.91 Å². The van der Waals surface area contributed by atoms with Gasteiger partial charge in [0.25, 0.3) is 0 Å². The zero-order valence-corrected chi connectivity index (χ0v) is 18.1. The third kappa shape index (κ3) is 3.87. The van der Waals surface area contributed by atoms with Crippen molar-refractivity contribution in [2.45, 2.75) is 32.1 Å². The number of anilines is 1. The lowest BCUT2D eigenvalue weighted by Gasteiger charge is -2.20. The van der Waals surface area contributed by atoms with Crippen LogP contribution in [0.5, 0.6) is 5.75 Å². The highest BCUT2D eigenvalue weighted by atomic mass is 35.5. The van der Waals surface area contributed by atoms with E-state index in [4.69, 9.17) is 21.4 Å². The molecule has 0 radical (unpaired) electrons. The molecule has 1 aromatic heterocycles. The molecule has 0 aliphatic carbocycles. The fourth-order valence-corrected chi connectivity index (χ4v) is 4.91. The largest absolute Gasteiger partial charge is 0.491 e. The van der Waals surface area contributed by atoms with Gasteiger partial charge in [0, 0.05) is 11.1 Å². The Morgan fingerprint density at radius 3 is 2.69 bits per heavy atom. The smallest absolute Gasteiger partial charge is 0.235 e. The minimum atomic E-state index is -0.0878. The second-order valence-corrected chi connectivity index (χ2v) is 8.66. The third-order valence-corrected chi connectivity index (χ3v) is 6.22. The first-order chi connectivity index (χ1) is 14.0. The summed E-state index contributed by atoms with van der Waals surface area (Å²) in [5, 5.41) is 8.25. The second-order valence-electron chi connectivity index (χ2n) is 7.15. The van der Waals surface area contributed by atoms with Gasteiger partial charge >= 0.3 is 0 Å². The summed E-state index contributed by atoms with van der Waals surface area (Å²) < 4.78 is 7.80. The van der Waals surface area contributed by atoms with Crippen LogP contribution in [0.3, 0.4) is 0 Å². The van der Waals surface area contributed by atoms with Crippen molar-refractivity contribution >= 4 is 35.1 Å². The molecule has 1 aliphatic heterocycles. The van der Waals surface area contributed by atoms with Crippen LogP contribution in [0.2, 0.25) is 5.02 Å². The third-order valence-electron chi connectivity index (χ3n) is 4.65. The van der Waals surface area contributed by atoms with Gasteiger partial charge in [0.05, 0.1) is 33.5 Å². The Morgan fingerprint density at radius 1 is 1.21 bits per heavy atom. The van der Waals surface area contributed by atoms with Gasteiger partial charge in [-0.25, -0.2) is 4.68 Å². The van der Waals surface area contributed by atoms with Crippen molar-refractivity contribution in [2.24, 2.45) is 0 Å². The number of para-hydroxylation sites is 2. The van der Waals surface area contributed by atoms with Gasteiger partial charge in [-0.1, -0.05) is 41.9 Å². The average molecular weight is 428 g/mol. The first kappa shape index (κ1) is 19.9. The van der Waals surface area contributed by atoms with Crippen LogP contribution >= 0.6 is 23.4 Å². The van der Waals surface area contributed by atoms with E-state index in [1.165, 1.54) is 0 Å². The number of hydrogen-bond acceptors (Lipinski definition) is 4. The van der Waals surface area contributed by atoms with Crippen molar-refractivity contribution in [3.8, 4) is 11.4 Å². The second kappa shape index (κ2) is 8.13. The van der Waals surface area contributed by atoms with Crippen molar-refractivity contribution in [3.05, 3.63) is 70.4 Å². The highest BCUT2D eigenvalue weighted by molar-refractivity contribution is 8.00. The Morgan fingerprint density at radius 2 is 1.93 bits per heavy atom. The highest BCUT2D eigenvalue weighted by Crippen LogP contribution is 2.46. The molecule has 0 fully saturated rings. The number of benzene rings is 2. The topological polar surface area (TPSA) is 56.2 Å². The minimum Gasteiger partial charge on any atom is -0.491 e. The Kier molecular flexibility index (Phi) is 5.56. The number of rotatable bonds is 4. The van der Waals surface area contributed by atoms with E-state index >= 15 is 0 Å². The van der Waals surface area contributed by atoms with Crippen LogP contribution in [0, 0.1) is 6.92 Å². The van der Waals surface area contributed by atoms with E-state index in [0.717, 1.165) is 28.3 Å². The van der Waals surface area contributed by atoms with Crippen LogP contribution in [0.25, 0.3) is 5.69 Å². The van der Waals surface area contributed by atoms with Gasteiger partial charge in [0.1, 0.15) is 11.6 Å². The van der Waals surface area contributed by atoms with Gasteiger partial charge in [-0.3, -0.25) is 4.79 Å². The van der Waals surface area contributed by atoms with E-state index in [-0.39, 0.29) is 17.3 Å². The van der Waals surface area contributed by atoms with Crippen molar-refractivity contribution in [3.63, 3.8) is 0 Å². The molecule has 1 amide bonds. The summed E-state index contributed by atoms with van der Waals surface area (Å²) in [5.74, 6) is 1.77. The molecule has 0 bridgehead atoms. The number of amides is 1. The SMILES string of the molecule is Cc1nn(-c2ccccc2Cl)c2c1[C@H](c1ccccc1OC(C)C)SCC(=O)N2. The Hall–Kier alpha value is -2.44. The lowest BCUT2D eigenvalue weighted by Crippen LogP contribution is -2.16. The summed E-state index contributed by atoms with van der Waals surface area (Å²) in [6.45, 7) is 5.98. The van der Waals surface area contributed by atoms with E-state index in [1.807, 2.05) is 63.2 Å². The summed E-state index contributed by atoms with van der Waals surface area (Å²) >= 11 is 8.00. The molecular formula is C22H22ClN3O2S. The molecule has 0 spiro atoms. The number of aromatic nitrogens is 2. The quantitative estimate of drug-likeness (QED) is 0.606. The molecular weight excluding hydrogens is 406 g/mol. The molecule has 7 heteroatoms. The van der Waals surface area contributed by atoms with Crippen molar-refractivity contribution in [1.82, 2.24) is 9.78 Å². The monoisotopic (exact) mass is 427 g/mol. The van der Waals surface area contributed by atoms with Crippen LogP contribution in [0.15, 0.2) is 48.5 Å². The number of carbonyl (C=O) groups is 1.